The zero-order chi connectivity index (χ0) is 19.8. The van der Waals surface area contributed by atoms with Gasteiger partial charge in [-0.25, -0.2) is 0 Å². The maximum absolute atomic E-state index is 13.8. The molecule has 0 aliphatic carbocycles. The van der Waals surface area contributed by atoms with Gasteiger partial charge in [0.25, 0.3) is 0 Å². The van der Waals surface area contributed by atoms with E-state index in [1.165, 1.54) is 12.1 Å². The number of hydrogen-bond donors (Lipinski definition) is 1. The Balaban J connectivity index is 1.68. The van der Waals surface area contributed by atoms with E-state index in [-0.39, 0.29) is 11.3 Å². The van der Waals surface area contributed by atoms with Crippen molar-refractivity contribution in [2.24, 2.45) is 0 Å². The predicted octanol–water partition coefficient (Wildman–Crippen LogP) is 5.82. The zero-order valence-corrected chi connectivity index (χ0v) is 14.8. The normalized spacial score (nSPS) is 14.1. The number of rotatable bonds is 4. The summed E-state index contributed by atoms with van der Waals surface area (Å²) >= 11 is 0. The summed E-state index contributed by atoms with van der Waals surface area (Å²) in [5.41, 5.74) is -3.37. The lowest BCUT2D eigenvalue weighted by Crippen LogP contribution is -2.47. The summed E-state index contributed by atoms with van der Waals surface area (Å²) in [5.74, 6) is 0.266. The molecule has 142 valence electrons. The van der Waals surface area contributed by atoms with E-state index in [9.17, 15) is 18.3 Å². The summed E-state index contributed by atoms with van der Waals surface area (Å²) in [6, 6.07) is 23.8. The molecule has 0 fully saturated rings. The molecule has 1 unspecified atom stereocenters. The number of alkyl halides is 3. The summed E-state index contributed by atoms with van der Waals surface area (Å²) in [5, 5.41) is 13.8. The van der Waals surface area contributed by atoms with Gasteiger partial charge in [0.15, 0.2) is 0 Å². The quantitative estimate of drug-likeness (QED) is 0.482. The maximum atomic E-state index is 13.8. The van der Waals surface area contributed by atoms with Crippen LogP contribution in [-0.2, 0) is 5.60 Å². The highest BCUT2D eigenvalue weighted by Gasteiger charge is 2.56. The fraction of sp³-hybridized carbons (Fsp3) is 0.130. The molecular formula is C23H17F3O2. The summed E-state index contributed by atoms with van der Waals surface area (Å²) < 4.78 is 46.8. The molecule has 0 amide bonds. The summed E-state index contributed by atoms with van der Waals surface area (Å²) in [4.78, 5) is 0. The molecule has 5 heteroatoms. The van der Waals surface area contributed by atoms with E-state index in [0.29, 0.717) is 5.39 Å². The SMILES string of the molecule is OC(COc1ccc2ccccc2c1)(c1ccc2ccccc2c1)C(F)(F)F. The minimum atomic E-state index is -4.90. The molecular weight excluding hydrogens is 365 g/mol. The topological polar surface area (TPSA) is 29.5 Å². The van der Waals surface area contributed by atoms with Crippen LogP contribution in [0.25, 0.3) is 21.5 Å². The van der Waals surface area contributed by atoms with Gasteiger partial charge in [0, 0.05) is 0 Å². The average molecular weight is 382 g/mol. The molecule has 0 aliphatic rings. The standard InChI is InChI=1S/C23H17F3O2/c24-23(25,26)22(27,20-11-9-16-5-1-3-7-18(16)13-20)15-28-21-12-10-17-6-2-4-8-19(17)14-21/h1-14,27H,15H2. The lowest BCUT2D eigenvalue weighted by Gasteiger charge is -2.31. The fourth-order valence-electron chi connectivity index (χ4n) is 3.22. The third kappa shape index (κ3) is 3.29. The molecule has 1 atom stereocenters. The van der Waals surface area contributed by atoms with Crippen LogP contribution in [0.15, 0.2) is 84.9 Å². The minimum Gasteiger partial charge on any atom is -0.490 e. The van der Waals surface area contributed by atoms with Gasteiger partial charge in [-0.2, -0.15) is 13.2 Å². The van der Waals surface area contributed by atoms with Crippen molar-refractivity contribution in [3.8, 4) is 5.75 Å². The second-order valence-corrected chi connectivity index (χ2v) is 6.72. The van der Waals surface area contributed by atoms with Crippen molar-refractivity contribution in [3.05, 3.63) is 90.5 Å². The predicted molar refractivity (Wildman–Crippen MR) is 103 cm³/mol. The lowest BCUT2D eigenvalue weighted by molar-refractivity contribution is -0.275. The molecule has 0 aromatic heterocycles. The monoisotopic (exact) mass is 382 g/mol. The van der Waals surface area contributed by atoms with Crippen LogP contribution in [0.1, 0.15) is 5.56 Å². The van der Waals surface area contributed by atoms with Crippen molar-refractivity contribution in [1.82, 2.24) is 0 Å². The van der Waals surface area contributed by atoms with Crippen LogP contribution in [0.2, 0.25) is 0 Å². The molecule has 4 rings (SSSR count). The summed E-state index contributed by atoms with van der Waals surface area (Å²) in [6.07, 6.45) is -4.90. The van der Waals surface area contributed by atoms with Crippen LogP contribution in [0.3, 0.4) is 0 Å². The van der Waals surface area contributed by atoms with Crippen LogP contribution in [0, 0.1) is 0 Å². The third-order valence-corrected chi connectivity index (χ3v) is 4.86. The largest absolute Gasteiger partial charge is 0.490 e. The number of aliphatic hydroxyl groups is 1. The molecule has 4 aromatic rings. The van der Waals surface area contributed by atoms with Gasteiger partial charge < -0.3 is 9.84 Å². The molecule has 28 heavy (non-hydrogen) atoms. The Morgan fingerprint density at radius 2 is 1.21 bits per heavy atom. The first kappa shape index (κ1) is 18.3. The highest BCUT2D eigenvalue weighted by molar-refractivity contribution is 5.84. The van der Waals surface area contributed by atoms with Crippen LogP contribution >= 0.6 is 0 Å². The number of benzene rings is 4. The lowest BCUT2D eigenvalue weighted by atomic mass is 9.92. The van der Waals surface area contributed by atoms with E-state index < -0.39 is 18.4 Å². The maximum Gasteiger partial charge on any atom is 0.424 e. The van der Waals surface area contributed by atoms with Crippen LogP contribution in [0.5, 0.6) is 5.75 Å². The van der Waals surface area contributed by atoms with E-state index in [1.54, 1.807) is 48.5 Å². The fourth-order valence-corrected chi connectivity index (χ4v) is 3.22. The molecule has 0 spiro atoms. The number of hydrogen-bond acceptors (Lipinski definition) is 2. The first-order valence-corrected chi connectivity index (χ1v) is 8.77. The molecule has 0 saturated carbocycles. The first-order chi connectivity index (χ1) is 13.4. The first-order valence-electron chi connectivity index (χ1n) is 8.77. The second kappa shape index (κ2) is 6.84. The number of fused-ring (bicyclic) bond motifs is 2. The molecule has 1 N–H and O–H groups in total. The van der Waals surface area contributed by atoms with Crippen molar-refractivity contribution in [2.45, 2.75) is 11.8 Å². The van der Waals surface area contributed by atoms with E-state index in [4.69, 9.17) is 4.74 Å². The van der Waals surface area contributed by atoms with E-state index in [0.717, 1.165) is 16.2 Å². The molecule has 2 nitrogen and oxygen atoms in total. The highest BCUT2D eigenvalue weighted by atomic mass is 19.4. The van der Waals surface area contributed by atoms with Crippen molar-refractivity contribution < 1.29 is 23.0 Å². The smallest absolute Gasteiger partial charge is 0.424 e. The molecule has 4 aromatic carbocycles. The van der Waals surface area contributed by atoms with Gasteiger partial charge in [0.05, 0.1) is 0 Å². The molecule has 0 bridgehead atoms. The van der Waals surface area contributed by atoms with Gasteiger partial charge in [0.1, 0.15) is 12.4 Å². The van der Waals surface area contributed by atoms with Gasteiger partial charge in [-0.3, -0.25) is 0 Å². The van der Waals surface area contributed by atoms with Crippen molar-refractivity contribution >= 4 is 21.5 Å². The third-order valence-electron chi connectivity index (χ3n) is 4.86. The van der Waals surface area contributed by atoms with E-state index in [2.05, 4.69) is 0 Å². The average Bonchev–Trinajstić information content (AvgIpc) is 2.70. The van der Waals surface area contributed by atoms with Crippen molar-refractivity contribution in [1.29, 1.82) is 0 Å². The Hall–Kier alpha value is -3.05. The Kier molecular flexibility index (Phi) is 4.47. The van der Waals surface area contributed by atoms with E-state index in [1.807, 2.05) is 24.3 Å². The number of halogens is 3. The van der Waals surface area contributed by atoms with Gasteiger partial charge in [-0.05, 0) is 45.3 Å². The van der Waals surface area contributed by atoms with Gasteiger partial charge >= 0.3 is 6.18 Å². The molecule has 0 aliphatic heterocycles. The molecule has 0 radical (unpaired) electrons. The van der Waals surface area contributed by atoms with Gasteiger partial charge in [-0.1, -0.05) is 66.7 Å². The van der Waals surface area contributed by atoms with E-state index >= 15 is 0 Å². The Morgan fingerprint density at radius 1 is 0.679 bits per heavy atom. The Morgan fingerprint density at radius 3 is 1.82 bits per heavy atom. The zero-order valence-electron chi connectivity index (χ0n) is 14.8. The van der Waals surface area contributed by atoms with Gasteiger partial charge in [-0.15, -0.1) is 0 Å². The van der Waals surface area contributed by atoms with Crippen LogP contribution in [-0.4, -0.2) is 17.9 Å². The van der Waals surface area contributed by atoms with Crippen molar-refractivity contribution in [3.63, 3.8) is 0 Å². The summed E-state index contributed by atoms with van der Waals surface area (Å²) in [7, 11) is 0. The van der Waals surface area contributed by atoms with Gasteiger partial charge in [0.2, 0.25) is 5.60 Å². The van der Waals surface area contributed by atoms with Crippen molar-refractivity contribution in [2.75, 3.05) is 6.61 Å². The summed E-state index contributed by atoms with van der Waals surface area (Å²) in [6.45, 7) is -0.937. The molecule has 0 saturated heterocycles. The van der Waals surface area contributed by atoms with Crippen LogP contribution < -0.4 is 4.74 Å². The Labute approximate surface area is 159 Å². The minimum absolute atomic E-state index is 0.250. The Bertz CT molecular complexity index is 1140. The number of ether oxygens (including phenoxy) is 1. The molecule has 0 heterocycles. The highest BCUT2D eigenvalue weighted by Crippen LogP contribution is 2.40. The van der Waals surface area contributed by atoms with Crippen LogP contribution in [0.4, 0.5) is 13.2 Å². The second-order valence-electron chi connectivity index (χ2n) is 6.72.